The van der Waals surface area contributed by atoms with E-state index in [4.69, 9.17) is 10.5 Å². The van der Waals surface area contributed by atoms with E-state index in [0.717, 1.165) is 22.0 Å². The van der Waals surface area contributed by atoms with Gasteiger partial charge in [0.2, 0.25) is 0 Å². The van der Waals surface area contributed by atoms with Crippen molar-refractivity contribution in [1.29, 1.82) is 0 Å². The van der Waals surface area contributed by atoms with Crippen LogP contribution in [0.3, 0.4) is 0 Å². The van der Waals surface area contributed by atoms with Crippen molar-refractivity contribution in [3.63, 3.8) is 0 Å². The van der Waals surface area contributed by atoms with Crippen LogP contribution in [0.2, 0.25) is 0 Å². The fourth-order valence-electron chi connectivity index (χ4n) is 2.17. The van der Waals surface area contributed by atoms with Crippen molar-refractivity contribution in [3.05, 3.63) is 65.5 Å². The Morgan fingerprint density at radius 2 is 1.95 bits per heavy atom. The SMILES string of the molecule is Cc1ccc(F)c(OCc2cc3ccccc3nc2N)c1. The first-order chi connectivity index (χ1) is 10.1. The zero-order valence-corrected chi connectivity index (χ0v) is 11.6. The topological polar surface area (TPSA) is 48.1 Å². The molecule has 0 spiro atoms. The van der Waals surface area contributed by atoms with Crippen molar-refractivity contribution in [2.75, 3.05) is 5.73 Å². The van der Waals surface area contributed by atoms with E-state index >= 15 is 0 Å². The highest BCUT2D eigenvalue weighted by atomic mass is 19.1. The predicted octanol–water partition coefficient (Wildman–Crippen LogP) is 3.84. The summed E-state index contributed by atoms with van der Waals surface area (Å²) in [5.74, 6) is 0.247. The fraction of sp³-hybridized carbons (Fsp3) is 0.118. The first-order valence-electron chi connectivity index (χ1n) is 6.66. The van der Waals surface area contributed by atoms with Crippen molar-refractivity contribution in [3.8, 4) is 5.75 Å². The molecule has 1 heterocycles. The Balaban J connectivity index is 1.88. The number of nitrogen functional groups attached to an aromatic ring is 1. The largest absolute Gasteiger partial charge is 0.486 e. The van der Waals surface area contributed by atoms with Crippen LogP contribution >= 0.6 is 0 Å². The van der Waals surface area contributed by atoms with Gasteiger partial charge in [0.15, 0.2) is 11.6 Å². The van der Waals surface area contributed by atoms with Gasteiger partial charge in [-0.3, -0.25) is 0 Å². The summed E-state index contributed by atoms with van der Waals surface area (Å²) in [6.07, 6.45) is 0. The number of aryl methyl sites for hydroxylation is 1. The van der Waals surface area contributed by atoms with E-state index < -0.39 is 0 Å². The number of nitrogens with zero attached hydrogens (tertiary/aromatic N) is 1. The number of rotatable bonds is 3. The third-order valence-corrected chi connectivity index (χ3v) is 3.31. The normalized spacial score (nSPS) is 10.8. The van der Waals surface area contributed by atoms with Crippen LogP contribution in [0, 0.1) is 12.7 Å². The number of halogens is 1. The Kier molecular flexibility index (Phi) is 3.44. The first-order valence-corrected chi connectivity index (χ1v) is 6.66. The Hall–Kier alpha value is -2.62. The summed E-state index contributed by atoms with van der Waals surface area (Å²) < 4.78 is 19.2. The molecular weight excluding hydrogens is 267 g/mol. The van der Waals surface area contributed by atoms with Crippen LogP contribution < -0.4 is 10.5 Å². The second-order valence-electron chi connectivity index (χ2n) is 4.95. The average Bonchev–Trinajstić information content (AvgIpc) is 2.48. The monoisotopic (exact) mass is 282 g/mol. The second kappa shape index (κ2) is 5.40. The van der Waals surface area contributed by atoms with Gasteiger partial charge in [0.25, 0.3) is 0 Å². The Bertz CT molecular complexity index is 802. The van der Waals surface area contributed by atoms with Crippen LogP contribution in [0.15, 0.2) is 48.5 Å². The molecule has 3 nitrogen and oxygen atoms in total. The van der Waals surface area contributed by atoms with Crippen LogP contribution in [0.4, 0.5) is 10.2 Å². The minimum atomic E-state index is -0.382. The molecule has 2 N–H and O–H groups in total. The molecule has 0 bridgehead atoms. The van der Waals surface area contributed by atoms with Gasteiger partial charge in [0.1, 0.15) is 12.4 Å². The maximum atomic E-state index is 13.7. The quantitative estimate of drug-likeness (QED) is 0.794. The zero-order chi connectivity index (χ0) is 14.8. The number of nitrogens with two attached hydrogens (primary N) is 1. The number of fused-ring (bicyclic) bond motifs is 1. The van der Waals surface area contributed by atoms with Crippen molar-refractivity contribution in [2.24, 2.45) is 0 Å². The van der Waals surface area contributed by atoms with Crippen LogP contribution in [-0.4, -0.2) is 4.98 Å². The van der Waals surface area contributed by atoms with Gasteiger partial charge in [-0.1, -0.05) is 24.3 Å². The van der Waals surface area contributed by atoms with E-state index in [1.807, 2.05) is 37.3 Å². The second-order valence-corrected chi connectivity index (χ2v) is 4.95. The molecular formula is C17H15FN2O. The number of aromatic nitrogens is 1. The first kappa shape index (κ1) is 13.4. The van der Waals surface area contributed by atoms with Gasteiger partial charge in [-0.25, -0.2) is 9.37 Å². The Morgan fingerprint density at radius 3 is 2.81 bits per heavy atom. The van der Waals surface area contributed by atoms with Crippen molar-refractivity contribution < 1.29 is 9.13 Å². The molecule has 0 radical (unpaired) electrons. The molecule has 0 aliphatic carbocycles. The van der Waals surface area contributed by atoms with E-state index in [2.05, 4.69) is 4.98 Å². The summed E-state index contributed by atoms with van der Waals surface area (Å²) in [7, 11) is 0. The van der Waals surface area contributed by atoms with Gasteiger partial charge in [-0.15, -0.1) is 0 Å². The van der Waals surface area contributed by atoms with Gasteiger partial charge < -0.3 is 10.5 Å². The minimum absolute atomic E-state index is 0.185. The van der Waals surface area contributed by atoms with Crippen molar-refractivity contribution in [2.45, 2.75) is 13.5 Å². The molecule has 106 valence electrons. The summed E-state index contributed by atoms with van der Waals surface area (Å²) >= 11 is 0. The molecule has 0 aliphatic heterocycles. The van der Waals surface area contributed by atoms with Gasteiger partial charge >= 0.3 is 0 Å². The summed E-state index contributed by atoms with van der Waals surface area (Å²) in [5.41, 5.74) is 8.45. The Labute approximate surface area is 122 Å². The molecule has 0 unspecified atom stereocenters. The molecule has 2 aromatic carbocycles. The third-order valence-electron chi connectivity index (χ3n) is 3.31. The van der Waals surface area contributed by atoms with E-state index in [-0.39, 0.29) is 18.2 Å². The Morgan fingerprint density at radius 1 is 1.14 bits per heavy atom. The molecule has 0 amide bonds. The molecule has 3 rings (SSSR count). The number of hydrogen-bond acceptors (Lipinski definition) is 3. The maximum Gasteiger partial charge on any atom is 0.165 e. The molecule has 1 aromatic heterocycles. The van der Waals surface area contributed by atoms with Gasteiger partial charge in [0, 0.05) is 10.9 Å². The molecule has 0 saturated carbocycles. The molecule has 0 atom stereocenters. The van der Waals surface area contributed by atoms with Crippen LogP contribution in [-0.2, 0) is 6.61 Å². The van der Waals surface area contributed by atoms with Crippen LogP contribution in [0.25, 0.3) is 10.9 Å². The van der Waals surface area contributed by atoms with Crippen LogP contribution in [0.1, 0.15) is 11.1 Å². The number of pyridine rings is 1. The minimum Gasteiger partial charge on any atom is -0.486 e. The van der Waals surface area contributed by atoms with Gasteiger partial charge in [-0.2, -0.15) is 0 Å². The smallest absolute Gasteiger partial charge is 0.165 e. The molecule has 4 heteroatoms. The number of para-hydroxylation sites is 1. The van der Waals surface area contributed by atoms with Gasteiger partial charge in [0.05, 0.1) is 5.52 Å². The van der Waals surface area contributed by atoms with Gasteiger partial charge in [-0.05, 0) is 36.8 Å². The highest BCUT2D eigenvalue weighted by Gasteiger charge is 2.07. The molecule has 0 saturated heterocycles. The van der Waals surface area contributed by atoms with E-state index in [1.54, 1.807) is 12.1 Å². The number of ether oxygens (including phenoxy) is 1. The molecule has 0 fully saturated rings. The maximum absolute atomic E-state index is 13.7. The summed E-state index contributed by atoms with van der Waals surface area (Å²) in [4.78, 5) is 4.33. The molecule has 3 aromatic rings. The summed E-state index contributed by atoms with van der Waals surface area (Å²) in [6.45, 7) is 2.07. The number of hydrogen-bond donors (Lipinski definition) is 1. The van der Waals surface area contributed by atoms with Crippen molar-refractivity contribution >= 4 is 16.7 Å². The average molecular weight is 282 g/mol. The highest BCUT2D eigenvalue weighted by molar-refractivity contribution is 5.81. The number of anilines is 1. The molecule has 0 aliphatic rings. The predicted molar refractivity (Wildman–Crippen MR) is 81.6 cm³/mol. The zero-order valence-electron chi connectivity index (χ0n) is 11.6. The summed E-state index contributed by atoms with van der Waals surface area (Å²) in [5, 5.41) is 0.981. The van der Waals surface area contributed by atoms with Crippen molar-refractivity contribution in [1.82, 2.24) is 4.98 Å². The lowest BCUT2D eigenvalue weighted by molar-refractivity contribution is 0.290. The lowest BCUT2D eigenvalue weighted by atomic mass is 10.1. The lowest BCUT2D eigenvalue weighted by Crippen LogP contribution is -2.03. The lowest BCUT2D eigenvalue weighted by Gasteiger charge is -2.10. The molecule has 21 heavy (non-hydrogen) atoms. The third kappa shape index (κ3) is 2.79. The van der Waals surface area contributed by atoms with E-state index in [9.17, 15) is 4.39 Å². The highest BCUT2D eigenvalue weighted by Crippen LogP contribution is 2.23. The summed E-state index contributed by atoms with van der Waals surface area (Å²) in [6, 6.07) is 14.4. The van der Waals surface area contributed by atoms with Crippen LogP contribution in [0.5, 0.6) is 5.75 Å². The van der Waals surface area contributed by atoms with E-state index in [1.165, 1.54) is 6.07 Å². The van der Waals surface area contributed by atoms with E-state index in [0.29, 0.717) is 5.82 Å². The standard InChI is InChI=1S/C17H15FN2O/c1-11-6-7-14(18)16(8-11)21-10-13-9-12-4-2-3-5-15(12)20-17(13)19/h2-9H,10H2,1H3,(H2,19,20). The number of benzene rings is 2. The fourth-order valence-corrected chi connectivity index (χ4v) is 2.17.